The molecule has 1 aromatic carbocycles. The van der Waals surface area contributed by atoms with Crippen LogP contribution in [0.1, 0.15) is 12.5 Å². The first-order valence-electron chi connectivity index (χ1n) is 7.67. The number of urea groups is 1. The predicted octanol–water partition coefficient (Wildman–Crippen LogP) is 0.663. The van der Waals surface area contributed by atoms with Crippen molar-refractivity contribution < 1.29 is 14.0 Å². The fraction of sp³-hybridized carbons (Fsp3) is 0.438. The number of nitrogens with one attached hydrogen (secondary N) is 2. The minimum absolute atomic E-state index is 0.286. The maximum Gasteiger partial charge on any atom is 0.321 e. The zero-order valence-electron chi connectivity index (χ0n) is 13.7. The summed E-state index contributed by atoms with van der Waals surface area (Å²) in [6.45, 7) is 3.99. The first-order valence-corrected chi connectivity index (χ1v) is 7.67. The number of hydrogen-bond acceptors (Lipinski definition) is 5. The number of nitriles is 1. The summed E-state index contributed by atoms with van der Waals surface area (Å²) in [4.78, 5) is 27.0. The van der Waals surface area contributed by atoms with Gasteiger partial charge in [0.05, 0.1) is 23.4 Å². The molecule has 7 nitrogen and oxygen atoms in total. The predicted molar refractivity (Wildman–Crippen MR) is 87.0 cm³/mol. The van der Waals surface area contributed by atoms with Crippen molar-refractivity contribution in [1.82, 2.24) is 15.5 Å². The van der Waals surface area contributed by atoms with Crippen LogP contribution in [0.5, 0.6) is 0 Å². The molecule has 2 N–H and O–H groups in total. The lowest BCUT2D eigenvalue weighted by molar-refractivity contribution is -0.124. The van der Waals surface area contributed by atoms with E-state index < -0.39 is 17.9 Å². The third-order valence-corrected chi connectivity index (χ3v) is 4.12. The summed E-state index contributed by atoms with van der Waals surface area (Å²) < 4.78 is 14.1. The van der Waals surface area contributed by atoms with E-state index in [1.165, 1.54) is 13.1 Å². The summed E-state index contributed by atoms with van der Waals surface area (Å²) in [5.74, 6) is -0.791. The summed E-state index contributed by atoms with van der Waals surface area (Å²) in [7, 11) is 1.44. The molecule has 1 aliphatic rings. The van der Waals surface area contributed by atoms with Crippen molar-refractivity contribution in [2.45, 2.75) is 13.0 Å². The molecule has 3 amide bonds. The van der Waals surface area contributed by atoms with E-state index in [1.54, 1.807) is 19.1 Å². The van der Waals surface area contributed by atoms with E-state index in [0.717, 1.165) is 0 Å². The van der Waals surface area contributed by atoms with E-state index in [2.05, 4.69) is 10.6 Å². The average Bonchev–Trinajstić information content (AvgIpc) is 2.60. The highest BCUT2D eigenvalue weighted by Crippen LogP contribution is 2.22. The van der Waals surface area contributed by atoms with Crippen LogP contribution < -0.4 is 15.5 Å². The number of amides is 3. The van der Waals surface area contributed by atoms with Gasteiger partial charge in [0.1, 0.15) is 5.82 Å². The SMILES string of the molecule is CNC(=O)NC(=O)[C@@H](C)N1CCN(c2ccc(C#N)cc2F)CC1. The number of imide groups is 1. The molecule has 0 aliphatic carbocycles. The van der Waals surface area contributed by atoms with Crippen LogP contribution in [0.25, 0.3) is 0 Å². The molecule has 0 bridgehead atoms. The lowest BCUT2D eigenvalue weighted by atomic mass is 10.1. The molecule has 0 aromatic heterocycles. The molecule has 2 rings (SSSR count). The second kappa shape index (κ2) is 7.75. The number of hydrogen-bond donors (Lipinski definition) is 2. The Morgan fingerprint density at radius 2 is 1.96 bits per heavy atom. The van der Waals surface area contributed by atoms with E-state index in [4.69, 9.17) is 5.26 Å². The molecule has 1 saturated heterocycles. The Morgan fingerprint density at radius 3 is 2.50 bits per heavy atom. The lowest BCUT2D eigenvalue weighted by Gasteiger charge is -2.38. The van der Waals surface area contributed by atoms with E-state index in [1.807, 2.05) is 15.9 Å². The van der Waals surface area contributed by atoms with Gasteiger partial charge in [-0.15, -0.1) is 0 Å². The van der Waals surface area contributed by atoms with Gasteiger partial charge in [-0.3, -0.25) is 15.0 Å². The van der Waals surface area contributed by atoms with E-state index in [-0.39, 0.29) is 11.5 Å². The molecule has 1 fully saturated rings. The van der Waals surface area contributed by atoms with Gasteiger partial charge in [-0.1, -0.05) is 0 Å². The minimum atomic E-state index is -0.537. The number of nitrogens with zero attached hydrogens (tertiary/aromatic N) is 3. The molecule has 0 saturated carbocycles. The summed E-state index contributed by atoms with van der Waals surface area (Å²) in [6.07, 6.45) is 0. The molecule has 0 spiro atoms. The lowest BCUT2D eigenvalue weighted by Crippen LogP contribution is -2.55. The van der Waals surface area contributed by atoms with Gasteiger partial charge < -0.3 is 10.2 Å². The van der Waals surface area contributed by atoms with Crippen LogP contribution in [0.15, 0.2) is 18.2 Å². The van der Waals surface area contributed by atoms with E-state index in [0.29, 0.717) is 31.9 Å². The third-order valence-electron chi connectivity index (χ3n) is 4.12. The van der Waals surface area contributed by atoms with Crippen molar-refractivity contribution in [3.63, 3.8) is 0 Å². The van der Waals surface area contributed by atoms with Crippen LogP contribution in [0.2, 0.25) is 0 Å². The maximum absolute atomic E-state index is 14.1. The molecule has 0 radical (unpaired) electrons. The Bertz CT molecular complexity index is 665. The molecule has 1 heterocycles. The fourth-order valence-corrected chi connectivity index (χ4v) is 2.63. The maximum atomic E-state index is 14.1. The van der Waals surface area contributed by atoms with E-state index >= 15 is 0 Å². The van der Waals surface area contributed by atoms with Gasteiger partial charge >= 0.3 is 6.03 Å². The van der Waals surface area contributed by atoms with Gasteiger partial charge in [0, 0.05) is 33.2 Å². The van der Waals surface area contributed by atoms with Crippen LogP contribution in [-0.4, -0.2) is 56.1 Å². The first-order chi connectivity index (χ1) is 11.5. The van der Waals surface area contributed by atoms with Gasteiger partial charge in [-0.25, -0.2) is 9.18 Å². The normalized spacial score (nSPS) is 16.2. The summed E-state index contributed by atoms with van der Waals surface area (Å²) in [5.41, 5.74) is 0.741. The highest BCUT2D eigenvalue weighted by molar-refractivity contribution is 5.96. The molecular formula is C16H20FN5O2. The number of rotatable bonds is 3. The molecule has 0 unspecified atom stereocenters. The summed E-state index contributed by atoms with van der Waals surface area (Å²) in [6, 6.07) is 5.34. The topological polar surface area (TPSA) is 88.5 Å². The van der Waals surface area contributed by atoms with Crippen LogP contribution in [0, 0.1) is 17.1 Å². The molecule has 8 heteroatoms. The second-order valence-electron chi connectivity index (χ2n) is 5.55. The monoisotopic (exact) mass is 333 g/mol. The average molecular weight is 333 g/mol. The van der Waals surface area contributed by atoms with Crippen molar-refractivity contribution in [1.29, 1.82) is 5.26 Å². The second-order valence-corrected chi connectivity index (χ2v) is 5.55. The Balaban J connectivity index is 1.95. The van der Waals surface area contributed by atoms with Gasteiger partial charge in [-0.2, -0.15) is 5.26 Å². The highest BCUT2D eigenvalue weighted by Gasteiger charge is 2.27. The number of carbonyl (C=O) groups excluding carboxylic acids is 2. The number of halogens is 1. The molecule has 24 heavy (non-hydrogen) atoms. The van der Waals surface area contributed by atoms with Crippen LogP contribution in [0.3, 0.4) is 0 Å². The molecule has 128 valence electrons. The quantitative estimate of drug-likeness (QED) is 0.848. The molecule has 1 atom stereocenters. The fourth-order valence-electron chi connectivity index (χ4n) is 2.63. The van der Waals surface area contributed by atoms with Gasteiger partial charge in [0.15, 0.2) is 0 Å². The Kier molecular flexibility index (Phi) is 5.71. The van der Waals surface area contributed by atoms with Crippen molar-refractivity contribution in [2.24, 2.45) is 0 Å². The Hall–Kier alpha value is -2.66. The largest absolute Gasteiger partial charge is 0.367 e. The third kappa shape index (κ3) is 4.00. The van der Waals surface area contributed by atoms with Crippen LogP contribution >= 0.6 is 0 Å². The smallest absolute Gasteiger partial charge is 0.321 e. The highest BCUT2D eigenvalue weighted by atomic mass is 19.1. The number of piperazine rings is 1. The minimum Gasteiger partial charge on any atom is -0.367 e. The molecular weight excluding hydrogens is 313 g/mol. The standard InChI is InChI=1S/C16H20FN5O2/c1-11(15(23)20-16(24)19-2)21-5-7-22(8-6-21)14-4-3-12(10-18)9-13(14)17/h3-4,9,11H,5-8H2,1-2H3,(H2,19,20,23,24)/t11-/m1/s1. The first kappa shape index (κ1) is 17.7. The Labute approximate surface area is 140 Å². The van der Waals surface area contributed by atoms with Gasteiger partial charge in [0.25, 0.3) is 0 Å². The molecule has 1 aliphatic heterocycles. The zero-order chi connectivity index (χ0) is 17.7. The summed E-state index contributed by atoms with van der Waals surface area (Å²) >= 11 is 0. The summed E-state index contributed by atoms with van der Waals surface area (Å²) in [5, 5.41) is 13.4. The number of benzene rings is 1. The number of anilines is 1. The van der Waals surface area contributed by atoms with Gasteiger partial charge in [0.2, 0.25) is 5.91 Å². The van der Waals surface area contributed by atoms with Crippen LogP contribution in [0.4, 0.5) is 14.9 Å². The van der Waals surface area contributed by atoms with Crippen molar-refractivity contribution in [3.05, 3.63) is 29.6 Å². The van der Waals surface area contributed by atoms with Crippen molar-refractivity contribution in [3.8, 4) is 6.07 Å². The van der Waals surface area contributed by atoms with Crippen molar-refractivity contribution in [2.75, 3.05) is 38.1 Å². The van der Waals surface area contributed by atoms with E-state index in [9.17, 15) is 14.0 Å². The van der Waals surface area contributed by atoms with Crippen LogP contribution in [-0.2, 0) is 4.79 Å². The molecule has 1 aromatic rings. The Morgan fingerprint density at radius 1 is 1.29 bits per heavy atom. The van der Waals surface area contributed by atoms with Crippen molar-refractivity contribution >= 4 is 17.6 Å². The zero-order valence-corrected chi connectivity index (χ0v) is 13.7. The van der Waals surface area contributed by atoms with Gasteiger partial charge in [-0.05, 0) is 25.1 Å². The number of carbonyl (C=O) groups is 2.